The molecule has 1 heterocycles. The minimum absolute atomic E-state index is 0.632. The number of rotatable bonds is 8. The van der Waals surface area contributed by atoms with E-state index >= 15 is 0 Å². The molecule has 0 saturated carbocycles. The number of nitrogens with zero attached hydrogens (tertiary/aromatic N) is 3. The molecule has 0 fully saturated rings. The predicted molar refractivity (Wildman–Crippen MR) is 111 cm³/mol. The Bertz CT molecular complexity index is 863. The summed E-state index contributed by atoms with van der Waals surface area (Å²) in [5.41, 5.74) is 2.09. The topological polar surface area (TPSA) is 50.3 Å². The molecule has 1 N–H and O–H groups in total. The standard InChI is InChI=1S/C22H26N4O/c1-4-26(5-2)21-15-20(23-16-18-13-9-10-14-19(18)27-3)24-22(25-21)17-11-7-6-8-12-17/h6-15H,4-5,16H2,1-3H3,(H,23,24,25). The van der Waals surface area contributed by atoms with Crippen LogP contribution in [-0.2, 0) is 6.54 Å². The highest BCUT2D eigenvalue weighted by atomic mass is 16.5. The maximum Gasteiger partial charge on any atom is 0.163 e. The summed E-state index contributed by atoms with van der Waals surface area (Å²) >= 11 is 0. The molecule has 5 nitrogen and oxygen atoms in total. The van der Waals surface area contributed by atoms with E-state index < -0.39 is 0 Å². The monoisotopic (exact) mass is 362 g/mol. The second-order valence-electron chi connectivity index (χ2n) is 6.14. The van der Waals surface area contributed by atoms with E-state index in [0.29, 0.717) is 6.54 Å². The van der Waals surface area contributed by atoms with Crippen LogP contribution in [-0.4, -0.2) is 30.2 Å². The molecule has 0 radical (unpaired) electrons. The molecule has 3 rings (SSSR count). The number of nitrogens with one attached hydrogen (secondary N) is 1. The summed E-state index contributed by atoms with van der Waals surface area (Å²) in [6.07, 6.45) is 0. The lowest BCUT2D eigenvalue weighted by Gasteiger charge is -2.21. The average molecular weight is 362 g/mol. The van der Waals surface area contributed by atoms with Crippen molar-refractivity contribution in [2.75, 3.05) is 30.4 Å². The van der Waals surface area contributed by atoms with Crippen molar-refractivity contribution in [1.82, 2.24) is 9.97 Å². The Morgan fingerprint density at radius 3 is 2.33 bits per heavy atom. The van der Waals surface area contributed by atoms with Gasteiger partial charge in [-0.2, -0.15) is 0 Å². The van der Waals surface area contributed by atoms with E-state index in [4.69, 9.17) is 14.7 Å². The first-order valence-corrected chi connectivity index (χ1v) is 9.30. The van der Waals surface area contributed by atoms with Crippen molar-refractivity contribution in [3.8, 4) is 17.1 Å². The van der Waals surface area contributed by atoms with Crippen molar-refractivity contribution in [2.45, 2.75) is 20.4 Å². The van der Waals surface area contributed by atoms with Crippen LogP contribution in [0.25, 0.3) is 11.4 Å². The molecule has 0 aliphatic rings. The summed E-state index contributed by atoms with van der Waals surface area (Å²) in [6.45, 7) is 6.69. The Labute approximate surface area is 161 Å². The normalized spacial score (nSPS) is 10.5. The number of hydrogen-bond acceptors (Lipinski definition) is 5. The lowest BCUT2D eigenvalue weighted by atomic mass is 10.2. The minimum Gasteiger partial charge on any atom is -0.496 e. The van der Waals surface area contributed by atoms with Gasteiger partial charge in [0.1, 0.15) is 17.4 Å². The van der Waals surface area contributed by atoms with Gasteiger partial charge >= 0.3 is 0 Å². The van der Waals surface area contributed by atoms with Crippen LogP contribution in [0.5, 0.6) is 5.75 Å². The smallest absolute Gasteiger partial charge is 0.163 e. The number of aromatic nitrogens is 2. The molecule has 27 heavy (non-hydrogen) atoms. The van der Waals surface area contributed by atoms with E-state index in [9.17, 15) is 0 Å². The van der Waals surface area contributed by atoms with E-state index in [1.807, 2.05) is 54.6 Å². The molecule has 0 spiro atoms. The Morgan fingerprint density at radius 2 is 1.63 bits per heavy atom. The number of para-hydroxylation sites is 1. The van der Waals surface area contributed by atoms with Crippen molar-refractivity contribution in [1.29, 1.82) is 0 Å². The Balaban J connectivity index is 1.92. The zero-order valence-electron chi connectivity index (χ0n) is 16.1. The fourth-order valence-electron chi connectivity index (χ4n) is 2.99. The molecular weight excluding hydrogens is 336 g/mol. The van der Waals surface area contributed by atoms with Crippen LogP contribution in [0.1, 0.15) is 19.4 Å². The quantitative estimate of drug-likeness (QED) is 0.634. The number of hydrogen-bond donors (Lipinski definition) is 1. The second-order valence-corrected chi connectivity index (χ2v) is 6.14. The van der Waals surface area contributed by atoms with Gasteiger partial charge in [0.2, 0.25) is 0 Å². The van der Waals surface area contributed by atoms with Gasteiger partial charge in [0.05, 0.1) is 7.11 Å². The second kappa shape index (κ2) is 9.03. The van der Waals surface area contributed by atoms with Crippen LogP contribution >= 0.6 is 0 Å². The maximum absolute atomic E-state index is 5.44. The Morgan fingerprint density at radius 1 is 0.926 bits per heavy atom. The molecule has 2 aromatic carbocycles. The van der Waals surface area contributed by atoms with E-state index in [-0.39, 0.29) is 0 Å². The number of benzene rings is 2. The van der Waals surface area contributed by atoms with Crippen LogP contribution in [0.15, 0.2) is 60.7 Å². The SMILES string of the molecule is CCN(CC)c1cc(NCc2ccccc2OC)nc(-c2ccccc2)n1. The summed E-state index contributed by atoms with van der Waals surface area (Å²) in [6, 6.07) is 20.1. The largest absolute Gasteiger partial charge is 0.496 e. The van der Waals surface area contributed by atoms with E-state index in [1.54, 1.807) is 7.11 Å². The van der Waals surface area contributed by atoms with Gasteiger partial charge in [0, 0.05) is 36.8 Å². The van der Waals surface area contributed by atoms with Gasteiger partial charge < -0.3 is 15.0 Å². The van der Waals surface area contributed by atoms with Gasteiger partial charge in [0.25, 0.3) is 0 Å². The lowest BCUT2D eigenvalue weighted by molar-refractivity contribution is 0.410. The van der Waals surface area contributed by atoms with Crippen LogP contribution < -0.4 is 15.0 Å². The van der Waals surface area contributed by atoms with Crippen LogP contribution in [0.4, 0.5) is 11.6 Å². The zero-order valence-corrected chi connectivity index (χ0v) is 16.1. The molecular formula is C22H26N4O. The van der Waals surface area contributed by atoms with Crippen LogP contribution in [0, 0.1) is 0 Å². The molecule has 0 atom stereocenters. The van der Waals surface area contributed by atoms with E-state index in [1.165, 1.54) is 0 Å². The van der Waals surface area contributed by atoms with Crippen molar-refractivity contribution < 1.29 is 4.74 Å². The summed E-state index contributed by atoms with van der Waals surface area (Å²) in [5, 5.41) is 3.43. The summed E-state index contributed by atoms with van der Waals surface area (Å²) in [5.74, 6) is 3.32. The molecule has 1 aromatic heterocycles. The fourth-order valence-corrected chi connectivity index (χ4v) is 2.99. The lowest BCUT2D eigenvalue weighted by Crippen LogP contribution is -2.23. The molecule has 0 aliphatic carbocycles. The first-order chi connectivity index (χ1) is 13.2. The summed E-state index contributed by atoms with van der Waals surface area (Å²) in [7, 11) is 1.69. The molecule has 0 amide bonds. The predicted octanol–water partition coefficient (Wildman–Crippen LogP) is 4.61. The van der Waals surface area contributed by atoms with E-state index in [0.717, 1.165) is 47.4 Å². The van der Waals surface area contributed by atoms with Crippen LogP contribution in [0.3, 0.4) is 0 Å². The Kier molecular flexibility index (Phi) is 6.26. The van der Waals surface area contributed by atoms with Gasteiger partial charge in [-0.25, -0.2) is 9.97 Å². The third kappa shape index (κ3) is 4.56. The number of anilines is 2. The molecule has 0 saturated heterocycles. The number of methoxy groups -OCH3 is 1. The van der Waals surface area contributed by atoms with Crippen molar-refractivity contribution in [3.63, 3.8) is 0 Å². The van der Waals surface area contributed by atoms with Gasteiger partial charge in [0.15, 0.2) is 5.82 Å². The van der Waals surface area contributed by atoms with Gasteiger partial charge in [-0.05, 0) is 19.9 Å². The van der Waals surface area contributed by atoms with Crippen molar-refractivity contribution in [2.24, 2.45) is 0 Å². The maximum atomic E-state index is 5.44. The molecule has 3 aromatic rings. The number of ether oxygens (including phenoxy) is 1. The zero-order chi connectivity index (χ0) is 19.1. The molecule has 5 heteroatoms. The van der Waals surface area contributed by atoms with Crippen LogP contribution in [0.2, 0.25) is 0 Å². The van der Waals surface area contributed by atoms with Gasteiger partial charge in [-0.15, -0.1) is 0 Å². The average Bonchev–Trinajstić information content (AvgIpc) is 2.74. The fraction of sp³-hybridized carbons (Fsp3) is 0.273. The molecule has 0 bridgehead atoms. The first kappa shape index (κ1) is 18.7. The molecule has 0 unspecified atom stereocenters. The van der Waals surface area contributed by atoms with Crippen molar-refractivity contribution in [3.05, 3.63) is 66.2 Å². The Hall–Kier alpha value is -3.08. The highest BCUT2D eigenvalue weighted by Gasteiger charge is 2.11. The third-order valence-electron chi connectivity index (χ3n) is 4.48. The molecule has 140 valence electrons. The summed E-state index contributed by atoms with van der Waals surface area (Å²) in [4.78, 5) is 11.7. The first-order valence-electron chi connectivity index (χ1n) is 9.30. The highest BCUT2D eigenvalue weighted by molar-refractivity contribution is 5.62. The van der Waals surface area contributed by atoms with E-state index in [2.05, 4.69) is 30.1 Å². The van der Waals surface area contributed by atoms with Crippen molar-refractivity contribution >= 4 is 11.6 Å². The van der Waals surface area contributed by atoms with Gasteiger partial charge in [-0.3, -0.25) is 0 Å². The van der Waals surface area contributed by atoms with Gasteiger partial charge in [-0.1, -0.05) is 48.5 Å². The third-order valence-corrected chi connectivity index (χ3v) is 4.48. The highest BCUT2D eigenvalue weighted by Crippen LogP contribution is 2.24. The molecule has 0 aliphatic heterocycles. The summed E-state index contributed by atoms with van der Waals surface area (Å²) < 4.78 is 5.44. The minimum atomic E-state index is 0.632.